The van der Waals surface area contributed by atoms with E-state index < -0.39 is 0 Å². The summed E-state index contributed by atoms with van der Waals surface area (Å²) in [4.78, 5) is 5.01. The zero-order chi connectivity index (χ0) is 67.3. The van der Waals surface area contributed by atoms with Gasteiger partial charge in [-0.15, -0.1) is 0 Å². The molecule has 0 aromatic heterocycles. The lowest BCUT2D eigenvalue weighted by Crippen LogP contribution is -2.17. The fourth-order valence-corrected chi connectivity index (χ4v) is 19.2. The molecule has 4 aliphatic rings. The van der Waals surface area contributed by atoms with Crippen LogP contribution in [0, 0.1) is 0 Å². The number of rotatable bonds is 8. The first-order chi connectivity index (χ1) is 48.6. The van der Waals surface area contributed by atoms with Crippen LogP contribution in [-0.4, -0.2) is 0 Å². The molecule has 0 amide bonds. The van der Waals surface area contributed by atoms with E-state index in [1.165, 1.54) is 165 Å². The van der Waals surface area contributed by atoms with Crippen LogP contribution in [0.5, 0.6) is 0 Å². The molecule has 0 spiro atoms. The van der Waals surface area contributed by atoms with Crippen LogP contribution >= 0.6 is 0 Å². The van der Waals surface area contributed by atoms with Gasteiger partial charge in [0.25, 0.3) is 0 Å². The van der Waals surface area contributed by atoms with E-state index >= 15 is 0 Å². The maximum atomic E-state index is 2.57. The third-order valence-corrected chi connectivity index (χ3v) is 23.9. The lowest BCUT2D eigenvalue weighted by molar-refractivity contribution is 0.660. The van der Waals surface area contributed by atoms with Crippen LogP contribution in [-0.2, 0) is 21.7 Å². The molecule has 0 unspecified atom stereocenters. The van der Waals surface area contributed by atoms with Crippen molar-refractivity contribution in [1.29, 1.82) is 0 Å². The van der Waals surface area contributed by atoms with Crippen LogP contribution in [0.25, 0.3) is 121 Å². The lowest BCUT2D eigenvalue weighted by Gasteiger charge is -2.30. The van der Waals surface area contributed by atoms with Crippen molar-refractivity contribution >= 4 is 88.0 Å². The van der Waals surface area contributed by atoms with Crippen molar-refractivity contribution in [3.8, 4) is 66.8 Å². The second kappa shape index (κ2) is 21.0. The standard InChI is InChI=1S/C98H74N2/c1-95(2)85-34-22-21-33-73(85)74-49-40-68(57-88(74)95)99(64-26-11-9-12-27-64)66-42-51-78-83(55-66)90(62-38-44-75-80-46-35-59-23-15-18-30-70(59)92(80)96(3,4)86(75)53-62)79-52-43-67(56-84(79)91(78)63-39-45-76-81-47-36-60-24-16-19-31-71(60)93(81)97(5,6)87(76)54-63)100(65-28-13-10-14-29-65)69-41-50-77-82-48-37-61-25-17-20-32-72(61)94(82)98(7,8)89(77)58-69/h9-58H,1-8H3. The summed E-state index contributed by atoms with van der Waals surface area (Å²) in [6.07, 6.45) is 0. The highest BCUT2D eigenvalue weighted by molar-refractivity contribution is 6.23. The molecule has 0 atom stereocenters. The van der Waals surface area contributed by atoms with Crippen molar-refractivity contribution in [2.45, 2.75) is 77.0 Å². The molecule has 4 aliphatic carbocycles. The Morgan fingerprint density at radius 1 is 0.190 bits per heavy atom. The summed E-state index contributed by atoms with van der Waals surface area (Å²) in [7, 11) is 0. The molecule has 0 aliphatic heterocycles. The largest absolute Gasteiger partial charge is 0.310 e. The molecule has 0 heterocycles. The molecule has 0 radical (unpaired) electrons. The van der Waals surface area contributed by atoms with E-state index in [4.69, 9.17) is 0 Å². The van der Waals surface area contributed by atoms with E-state index in [1.807, 2.05) is 0 Å². The Labute approximate surface area is 585 Å². The van der Waals surface area contributed by atoms with Gasteiger partial charge in [0.2, 0.25) is 0 Å². The normalized spacial score (nSPS) is 14.9. The maximum absolute atomic E-state index is 2.57. The SMILES string of the molecule is CC1(C)c2ccccc2-c2ccc(N(c3ccccc3)c3ccc4c(-c5ccc6c(c5)C(C)(C)c5c-6ccc6ccccc56)c5cc(N(c6ccccc6)c6ccc7c(c6)C(C)(C)c6c-7ccc7ccccc67)ccc5c(-c5ccc6c(c5)C(C)(C)c5c-6ccc6ccccc56)c4c3)cc21. The van der Waals surface area contributed by atoms with Crippen molar-refractivity contribution in [1.82, 2.24) is 0 Å². The summed E-state index contributed by atoms with van der Waals surface area (Å²) in [5.74, 6) is 0. The average Bonchev–Trinajstić information content (AvgIpc) is 1.38. The van der Waals surface area contributed by atoms with E-state index in [0.717, 1.165) is 34.1 Å². The van der Waals surface area contributed by atoms with E-state index in [-0.39, 0.29) is 21.7 Å². The summed E-state index contributed by atoms with van der Waals surface area (Å²) < 4.78 is 0. The Balaban J connectivity index is 0.869. The van der Waals surface area contributed by atoms with E-state index in [0.29, 0.717) is 0 Å². The van der Waals surface area contributed by atoms with Crippen molar-refractivity contribution in [2.24, 2.45) is 0 Å². The minimum absolute atomic E-state index is 0.186. The number of benzene rings is 16. The molecule has 16 aromatic carbocycles. The van der Waals surface area contributed by atoms with Gasteiger partial charge in [0.05, 0.1) is 0 Å². The van der Waals surface area contributed by atoms with E-state index in [9.17, 15) is 0 Å². The molecular weight excluding hydrogens is 1210 g/mol. The molecule has 476 valence electrons. The van der Waals surface area contributed by atoms with E-state index in [2.05, 4.69) is 369 Å². The predicted octanol–water partition coefficient (Wildman–Crippen LogP) is 27.0. The van der Waals surface area contributed by atoms with Gasteiger partial charge in [-0.25, -0.2) is 0 Å². The molecule has 0 saturated carbocycles. The van der Waals surface area contributed by atoms with Crippen LogP contribution in [0.4, 0.5) is 34.1 Å². The molecule has 0 fully saturated rings. The molecule has 0 bridgehead atoms. The van der Waals surface area contributed by atoms with Crippen LogP contribution < -0.4 is 9.80 Å². The van der Waals surface area contributed by atoms with Gasteiger partial charge in [-0.05, 0) is 250 Å². The quantitative estimate of drug-likeness (QED) is 0.140. The Morgan fingerprint density at radius 3 is 0.930 bits per heavy atom. The van der Waals surface area contributed by atoms with Crippen molar-refractivity contribution in [3.05, 3.63) is 348 Å². The maximum Gasteiger partial charge on any atom is 0.0468 e. The molecule has 0 N–H and O–H groups in total. The highest BCUT2D eigenvalue weighted by Crippen LogP contribution is 2.59. The van der Waals surface area contributed by atoms with Crippen LogP contribution in [0.15, 0.2) is 303 Å². The monoisotopic (exact) mass is 1280 g/mol. The van der Waals surface area contributed by atoms with Crippen LogP contribution in [0.2, 0.25) is 0 Å². The zero-order valence-corrected chi connectivity index (χ0v) is 57.8. The predicted molar refractivity (Wildman–Crippen MR) is 424 cm³/mol. The van der Waals surface area contributed by atoms with Gasteiger partial charge in [-0.2, -0.15) is 0 Å². The zero-order valence-electron chi connectivity index (χ0n) is 57.8. The first kappa shape index (κ1) is 58.6. The minimum Gasteiger partial charge on any atom is -0.310 e. The smallest absolute Gasteiger partial charge is 0.0468 e. The Hall–Kier alpha value is -11.6. The first-order valence-corrected chi connectivity index (χ1v) is 35.6. The molecule has 2 heteroatoms. The summed E-state index contributed by atoms with van der Waals surface area (Å²) >= 11 is 0. The average molecular weight is 1280 g/mol. The Morgan fingerprint density at radius 2 is 0.500 bits per heavy atom. The molecule has 0 saturated heterocycles. The topological polar surface area (TPSA) is 6.48 Å². The van der Waals surface area contributed by atoms with Gasteiger partial charge in [0.15, 0.2) is 0 Å². The summed E-state index contributed by atoms with van der Waals surface area (Å²) in [5, 5.41) is 12.6. The summed E-state index contributed by atoms with van der Waals surface area (Å²) in [6.45, 7) is 19.4. The number of hydrogen-bond donors (Lipinski definition) is 0. The number of nitrogens with zero attached hydrogens (tertiary/aromatic N) is 2. The fraction of sp³-hybridized carbons (Fsp3) is 0.122. The minimum atomic E-state index is -0.287. The number of fused-ring (bicyclic) bond motifs is 20. The number of para-hydroxylation sites is 2. The van der Waals surface area contributed by atoms with Gasteiger partial charge in [-0.3, -0.25) is 0 Å². The second-order valence-electron chi connectivity index (χ2n) is 30.7. The molecular formula is C98H74N2. The van der Waals surface area contributed by atoms with Crippen molar-refractivity contribution in [2.75, 3.05) is 9.80 Å². The fourth-order valence-electron chi connectivity index (χ4n) is 19.2. The molecule has 2 nitrogen and oxygen atoms in total. The van der Waals surface area contributed by atoms with Crippen molar-refractivity contribution in [3.63, 3.8) is 0 Å². The highest BCUT2D eigenvalue weighted by atomic mass is 15.1. The third kappa shape index (κ3) is 8.19. The summed E-state index contributed by atoms with van der Waals surface area (Å²) in [6, 6.07) is 116. The Kier molecular flexibility index (Phi) is 12.3. The molecule has 100 heavy (non-hydrogen) atoms. The van der Waals surface area contributed by atoms with Crippen LogP contribution in [0.3, 0.4) is 0 Å². The molecule has 20 rings (SSSR count). The van der Waals surface area contributed by atoms with Gasteiger partial charge in [0.1, 0.15) is 0 Å². The number of hydrogen-bond acceptors (Lipinski definition) is 2. The van der Waals surface area contributed by atoms with Gasteiger partial charge in [0, 0.05) is 55.8 Å². The summed E-state index contributed by atoms with van der Waals surface area (Å²) in [5.41, 5.74) is 31.9. The van der Waals surface area contributed by atoms with Gasteiger partial charge in [-0.1, -0.05) is 274 Å². The van der Waals surface area contributed by atoms with Crippen LogP contribution in [0.1, 0.15) is 99.9 Å². The molecule has 16 aromatic rings. The Bertz CT molecular complexity index is 6220. The van der Waals surface area contributed by atoms with E-state index in [1.54, 1.807) is 0 Å². The van der Waals surface area contributed by atoms with Gasteiger partial charge < -0.3 is 9.80 Å². The van der Waals surface area contributed by atoms with Crippen molar-refractivity contribution < 1.29 is 0 Å². The second-order valence-corrected chi connectivity index (χ2v) is 30.7. The number of anilines is 6. The first-order valence-electron chi connectivity index (χ1n) is 35.6. The van der Waals surface area contributed by atoms with Gasteiger partial charge >= 0.3 is 0 Å². The highest BCUT2D eigenvalue weighted by Gasteiger charge is 2.42. The third-order valence-electron chi connectivity index (χ3n) is 23.9. The lowest BCUT2D eigenvalue weighted by atomic mass is 9.78.